The van der Waals surface area contributed by atoms with E-state index in [1.807, 2.05) is 19.2 Å². The first kappa shape index (κ1) is 20.3. The third-order valence-corrected chi connectivity index (χ3v) is 6.54. The van der Waals surface area contributed by atoms with Crippen molar-refractivity contribution < 1.29 is 0 Å². The largest absolute Gasteiger partial charge is 0.306 e. The van der Waals surface area contributed by atoms with E-state index in [2.05, 4.69) is 56.5 Å². The van der Waals surface area contributed by atoms with E-state index in [0.29, 0.717) is 5.92 Å². The molecule has 1 aromatic rings. The molecule has 1 unspecified atom stereocenters. The van der Waals surface area contributed by atoms with Gasteiger partial charge >= 0.3 is 0 Å². The van der Waals surface area contributed by atoms with Gasteiger partial charge in [-0.3, -0.25) is 4.99 Å². The van der Waals surface area contributed by atoms with Crippen LogP contribution in [0.1, 0.15) is 43.2 Å². The van der Waals surface area contributed by atoms with E-state index in [9.17, 15) is 0 Å². The van der Waals surface area contributed by atoms with Crippen LogP contribution in [0.4, 0.5) is 0 Å². The van der Waals surface area contributed by atoms with Gasteiger partial charge in [-0.25, -0.2) is 0 Å². The monoisotopic (exact) mass is 498 g/mol. The molecule has 2 aliphatic rings. The Hall–Kier alpha value is -0.420. The number of allylic oxidation sites excluding steroid dienone is 2. The zero-order valence-electron chi connectivity index (χ0n) is 15.4. The summed E-state index contributed by atoms with van der Waals surface area (Å²) in [5, 5.41) is 0.792. The second-order valence-electron chi connectivity index (χ2n) is 7.41. The summed E-state index contributed by atoms with van der Waals surface area (Å²) in [6, 6.07) is 4.16. The molecule has 1 aliphatic heterocycles. The van der Waals surface area contributed by atoms with Crippen molar-refractivity contribution in [1.82, 2.24) is 4.90 Å². The number of fused-ring (bicyclic) bond motifs is 1. The molecule has 26 heavy (non-hydrogen) atoms. The lowest BCUT2D eigenvalue weighted by molar-refractivity contribution is 0.212. The number of halogens is 3. The molecule has 1 aromatic carbocycles. The van der Waals surface area contributed by atoms with Crippen molar-refractivity contribution in [3.8, 4) is 0 Å². The predicted octanol–water partition coefficient (Wildman–Crippen LogP) is 6.73. The van der Waals surface area contributed by atoms with Crippen LogP contribution in [0.2, 0.25) is 5.02 Å². The number of hydrogen-bond acceptors (Lipinski definition) is 2. The highest BCUT2D eigenvalue weighted by molar-refractivity contribution is 9.11. The van der Waals surface area contributed by atoms with Gasteiger partial charge in [0.2, 0.25) is 0 Å². The number of hydrogen-bond donors (Lipinski definition) is 0. The lowest BCUT2D eigenvalue weighted by Gasteiger charge is -2.36. The summed E-state index contributed by atoms with van der Waals surface area (Å²) in [6.45, 7) is 8.67. The second-order valence-corrected chi connectivity index (χ2v) is 9.95. The summed E-state index contributed by atoms with van der Waals surface area (Å²) in [7, 11) is 2.21. The molecule has 1 heterocycles. The fourth-order valence-corrected chi connectivity index (χ4v) is 5.34. The Bertz CT molecular complexity index is 758. The van der Waals surface area contributed by atoms with E-state index < -0.39 is 0 Å². The van der Waals surface area contributed by atoms with Gasteiger partial charge in [0.05, 0.1) is 5.71 Å². The summed E-state index contributed by atoms with van der Waals surface area (Å²) in [5.41, 5.74) is 4.99. The van der Waals surface area contributed by atoms with Gasteiger partial charge in [0.1, 0.15) is 0 Å². The maximum absolute atomic E-state index is 6.36. The molecule has 0 radical (unpaired) electrons. The summed E-state index contributed by atoms with van der Waals surface area (Å²) < 4.78 is 2.13. The third-order valence-electron chi connectivity index (χ3n) is 5.46. The molecule has 0 aromatic heterocycles. The van der Waals surface area contributed by atoms with Crippen molar-refractivity contribution in [3.63, 3.8) is 0 Å². The van der Waals surface area contributed by atoms with Gasteiger partial charge < -0.3 is 4.90 Å². The number of nitrogens with zero attached hydrogens (tertiary/aromatic N) is 2. The Morgan fingerprint density at radius 1 is 1.31 bits per heavy atom. The molecule has 0 N–H and O–H groups in total. The van der Waals surface area contributed by atoms with Crippen molar-refractivity contribution >= 4 is 49.2 Å². The lowest BCUT2D eigenvalue weighted by Crippen LogP contribution is -2.35. The summed E-state index contributed by atoms with van der Waals surface area (Å²) in [5.74, 6) is 0.837. The van der Waals surface area contributed by atoms with Gasteiger partial charge in [-0.05, 0) is 87.5 Å². The average molecular weight is 501 g/mol. The minimum atomic E-state index is 0.267. The van der Waals surface area contributed by atoms with Crippen molar-refractivity contribution in [1.29, 1.82) is 0 Å². The molecule has 0 spiro atoms. The van der Waals surface area contributed by atoms with Crippen molar-refractivity contribution in [2.45, 2.75) is 38.5 Å². The van der Waals surface area contributed by atoms with Crippen LogP contribution in [0, 0.1) is 5.92 Å². The number of aryl methyl sites for hydroxylation is 1. The van der Waals surface area contributed by atoms with Crippen molar-refractivity contribution in [2.24, 2.45) is 10.9 Å². The predicted molar refractivity (Wildman–Crippen MR) is 120 cm³/mol. The van der Waals surface area contributed by atoms with Crippen LogP contribution in [0.3, 0.4) is 0 Å². The molecule has 5 heteroatoms. The van der Waals surface area contributed by atoms with E-state index >= 15 is 0 Å². The summed E-state index contributed by atoms with van der Waals surface area (Å²) >= 11 is 13.7. The highest BCUT2D eigenvalue weighted by Crippen LogP contribution is 2.44. The summed E-state index contributed by atoms with van der Waals surface area (Å²) in [4.78, 5) is 7.32. The van der Waals surface area contributed by atoms with Gasteiger partial charge in [-0.2, -0.15) is 0 Å². The number of aliphatic imine (C=N–C) groups is 1. The van der Waals surface area contributed by atoms with Crippen LogP contribution in [-0.2, 0) is 6.42 Å². The van der Waals surface area contributed by atoms with Gasteiger partial charge in [0.25, 0.3) is 0 Å². The Balaban J connectivity index is 2.14. The van der Waals surface area contributed by atoms with Crippen LogP contribution in [0.25, 0.3) is 0 Å². The lowest BCUT2D eigenvalue weighted by atomic mass is 9.75. The average Bonchev–Trinajstić information content (AvgIpc) is 2.71. The fraction of sp³-hybridized carbons (Fsp3) is 0.476. The first-order chi connectivity index (χ1) is 12.4. The van der Waals surface area contributed by atoms with Crippen LogP contribution >= 0.6 is 43.5 Å². The Morgan fingerprint density at radius 2 is 2.00 bits per heavy atom. The topological polar surface area (TPSA) is 15.6 Å². The summed E-state index contributed by atoms with van der Waals surface area (Å²) in [6.07, 6.45) is 6.17. The molecule has 0 saturated carbocycles. The molecule has 1 aliphatic carbocycles. The Morgan fingerprint density at radius 3 is 2.65 bits per heavy atom. The van der Waals surface area contributed by atoms with Crippen molar-refractivity contribution in [3.05, 3.63) is 55.6 Å². The fourth-order valence-electron chi connectivity index (χ4n) is 4.11. The smallest absolute Gasteiger partial charge is 0.0508 e. The number of piperidine rings is 1. The van der Waals surface area contributed by atoms with E-state index in [1.165, 1.54) is 24.0 Å². The van der Waals surface area contributed by atoms with Crippen LogP contribution in [0.15, 0.2) is 44.4 Å². The van der Waals surface area contributed by atoms with E-state index in [-0.39, 0.29) is 5.92 Å². The van der Waals surface area contributed by atoms with Gasteiger partial charge in [-0.15, -0.1) is 0 Å². The number of rotatable bonds is 2. The molecular weight excluding hydrogens is 476 g/mol. The SMILES string of the molecule is C=C1CCc2cc(Cl)cc(Br)c2C(C2CCN(C)CC2)C1=N/C=C(\C)Br. The molecule has 1 saturated heterocycles. The minimum absolute atomic E-state index is 0.267. The van der Waals surface area contributed by atoms with Crippen LogP contribution < -0.4 is 0 Å². The minimum Gasteiger partial charge on any atom is -0.306 e. The molecule has 2 nitrogen and oxygen atoms in total. The molecule has 1 fully saturated rings. The number of benzene rings is 1. The zero-order valence-corrected chi connectivity index (χ0v) is 19.3. The van der Waals surface area contributed by atoms with Crippen LogP contribution in [-0.4, -0.2) is 30.7 Å². The number of likely N-dealkylation sites (tertiary alicyclic amines) is 1. The van der Waals surface area contributed by atoms with E-state index in [1.54, 1.807) is 0 Å². The maximum atomic E-state index is 6.36. The molecule has 140 valence electrons. The Labute approximate surface area is 178 Å². The van der Waals surface area contributed by atoms with Gasteiger partial charge in [0.15, 0.2) is 0 Å². The van der Waals surface area contributed by atoms with Crippen molar-refractivity contribution in [2.75, 3.05) is 20.1 Å². The molecule has 0 bridgehead atoms. The normalized spacial score (nSPS) is 24.7. The van der Waals surface area contributed by atoms with Gasteiger partial charge in [-0.1, -0.05) is 50.0 Å². The molecular formula is C21H25Br2ClN2. The standard InChI is InChI=1S/C21H25Br2ClN2/c1-13-4-5-16-10-17(24)11-18(23)19(16)20(21(13)25-12-14(2)22)15-6-8-26(3)9-7-15/h10-12,15,20H,1,4-9H2,2-3H3/b14-12+,25-21?. The second kappa shape index (κ2) is 8.72. The highest BCUT2D eigenvalue weighted by atomic mass is 79.9. The third kappa shape index (κ3) is 4.52. The quantitative estimate of drug-likeness (QED) is 0.411. The molecule has 1 atom stereocenters. The van der Waals surface area contributed by atoms with Crippen LogP contribution in [0.5, 0.6) is 0 Å². The zero-order chi connectivity index (χ0) is 18.8. The maximum Gasteiger partial charge on any atom is 0.0508 e. The highest BCUT2D eigenvalue weighted by Gasteiger charge is 2.35. The van der Waals surface area contributed by atoms with E-state index in [0.717, 1.165) is 51.2 Å². The molecule has 0 amide bonds. The molecule has 3 rings (SSSR count). The Kier molecular flexibility index (Phi) is 6.82. The van der Waals surface area contributed by atoms with E-state index in [4.69, 9.17) is 16.6 Å². The first-order valence-electron chi connectivity index (χ1n) is 9.11. The van der Waals surface area contributed by atoms with Gasteiger partial charge in [0, 0.05) is 26.1 Å². The first-order valence-corrected chi connectivity index (χ1v) is 11.1.